The monoisotopic (exact) mass is 401 g/mol. The molecule has 20 heavy (non-hydrogen) atoms. The molecule has 0 aliphatic heterocycles. The van der Waals surface area contributed by atoms with E-state index in [0.29, 0.717) is 28.5 Å². The quantitative estimate of drug-likeness (QED) is 0.433. The number of benzene rings is 1. The molecule has 2 aromatic rings. The number of aromatic nitrogens is 2. The molecule has 0 saturated carbocycles. The summed E-state index contributed by atoms with van der Waals surface area (Å²) >= 11 is 6.44. The van der Waals surface area contributed by atoms with Crippen molar-refractivity contribution in [2.75, 3.05) is 0 Å². The van der Waals surface area contributed by atoms with Gasteiger partial charge < -0.3 is 4.74 Å². The number of aryl methyl sites for hydroxylation is 1. The lowest BCUT2D eigenvalue weighted by Crippen LogP contribution is -1.98. The van der Waals surface area contributed by atoms with Gasteiger partial charge in [0.2, 0.25) is 5.88 Å². The first kappa shape index (κ1) is 14.9. The van der Waals surface area contributed by atoms with Gasteiger partial charge in [0.15, 0.2) is 5.75 Å². The molecule has 0 aliphatic carbocycles. The van der Waals surface area contributed by atoms with Gasteiger partial charge in [0.1, 0.15) is 14.9 Å². The van der Waals surface area contributed by atoms with E-state index < -0.39 is 4.92 Å². The molecule has 104 valence electrons. The predicted octanol–water partition coefficient (Wildman–Crippen LogP) is 4.26. The Morgan fingerprint density at radius 2 is 2.10 bits per heavy atom. The van der Waals surface area contributed by atoms with Crippen LogP contribution in [-0.2, 0) is 6.42 Å². The van der Waals surface area contributed by atoms with E-state index in [1.54, 1.807) is 18.2 Å². The Morgan fingerprint density at radius 3 is 2.75 bits per heavy atom. The lowest BCUT2D eigenvalue weighted by molar-refractivity contribution is -0.385. The molecule has 0 unspecified atom stereocenters. The van der Waals surface area contributed by atoms with E-state index in [1.807, 2.05) is 6.92 Å². The molecule has 0 radical (unpaired) electrons. The van der Waals surface area contributed by atoms with E-state index in [0.717, 1.165) is 0 Å². The average molecular weight is 403 g/mol. The fraction of sp³-hybridized carbons (Fsp3) is 0.167. The van der Waals surface area contributed by atoms with E-state index >= 15 is 0 Å². The Bertz CT molecular complexity index is 664. The number of halogens is 2. The van der Waals surface area contributed by atoms with Crippen molar-refractivity contribution in [1.29, 1.82) is 0 Å². The summed E-state index contributed by atoms with van der Waals surface area (Å²) in [5.74, 6) is 1.27. The summed E-state index contributed by atoms with van der Waals surface area (Å²) in [6.07, 6.45) is 0.659. The molecule has 0 spiro atoms. The number of ether oxygens (including phenoxy) is 1. The van der Waals surface area contributed by atoms with E-state index in [2.05, 4.69) is 41.8 Å². The molecule has 0 saturated heterocycles. The average Bonchev–Trinajstić information content (AvgIpc) is 2.40. The van der Waals surface area contributed by atoms with Crippen LogP contribution in [0.25, 0.3) is 0 Å². The third-order valence-electron chi connectivity index (χ3n) is 2.39. The molecule has 0 bridgehead atoms. The van der Waals surface area contributed by atoms with Gasteiger partial charge in [0.05, 0.1) is 4.92 Å². The predicted molar refractivity (Wildman–Crippen MR) is 80.0 cm³/mol. The van der Waals surface area contributed by atoms with Crippen molar-refractivity contribution < 1.29 is 9.66 Å². The van der Waals surface area contributed by atoms with Crippen LogP contribution in [0.5, 0.6) is 11.6 Å². The van der Waals surface area contributed by atoms with Gasteiger partial charge in [-0.3, -0.25) is 10.1 Å². The van der Waals surface area contributed by atoms with Crippen molar-refractivity contribution >= 4 is 37.5 Å². The van der Waals surface area contributed by atoms with Crippen LogP contribution in [0.2, 0.25) is 0 Å². The number of hydrogen-bond acceptors (Lipinski definition) is 5. The van der Waals surface area contributed by atoms with Crippen molar-refractivity contribution in [1.82, 2.24) is 9.97 Å². The first-order valence-corrected chi connectivity index (χ1v) is 7.24. The summed E-state index contributed by atoms with van der Waals surface area (Å²) in [7, 11) is 0. The first-order valence-electron chi connectivity index (χ1n) is 5.65. The minimum Gasteiger partial charge on any atom is -0.437 e. The molecule has 2 rings (SSSR count). The summed E-state index contributed by atoms with van der Waals surface area (Å²) in [6.45, 7) is 1.93. The molecule has 0 fully saturated rings. The zero-order valence-electron chi connectivity index (χ0n) is 10.3. The number of rotatable bonds is 4. The van der Waals surface area contributed by atoms with Crippen molar-refractivity contribution in [2.45, 2.75) is 13.3 Å². The zero-order chi connectivity index (χ0) is 14.7. The summed E-state index contributed by atoms with van der Waals surface area (Å²) in [5.41, 5.74) is -0.0636. The normalized spacial score (nSPS) is 10.3. The highest BCUT2D eigenvalue weighted by Gasteiger charge is 2.17. The Hall–Kier alpha value is -1.54. The van der Waals surface area contributed by atoms with Gasteiger partial charge in [-0.15, -0.1) is 0 Å². The Labute approximate surface area is 131 Å². The maximum absolute atomic E-state index is 10.9. The second-order valence-corrected chi connectivity index (χ2v) is 5.35. The molecule has 1 heterocycles. The van der Waals surface area contributed by atoms with Gasteiger partial charge in [-0.2, -0.15) is 4.98 Å². The van der Waals surface area contributed by atoms with E-state index in [-0.39, 0.29) is 10.2 Å². The lowest BCUT2D eigenvalue weighted by atomic mass is 10.3. The molecule has 0 N–H and O–H groups in total. The minimum atomic E-state index is -0.482. The van der Waals surface area contributed by atoms with Crippen molar-refractivity contribution in [3.63, 3.8) is 0 Å². The summed E-state index contributed by atoms with van der Waals surface area (Å²) < 4.78 is 6.46. The van der Waals surface area contributed by atoms with Crippen LogP contribution in [0, 0.1) is 10.1 Å². The van der Waals surface area contributed by atoms with Crippen LogP contribution in [0.4, 0.5) is 5.69 Å². The van der Waals surface area contributed by atoms with Gasteiger partial charge in [-0.25, -0.2) is 4.98 Å². The maximum Gasteiger partial charge on any atom is 0.287 e. The lowest BCUT2D eigenvalue weighted by Gasteiger charge is -2.08. The molecule has 0 amide bonds. The van der Waals surface area contributed by atoms with E-state index in [4.69, 9.17) is 4.74 Å². The Balaban J connectivity index is 2.37. The number of nitro benzene ring substituents is 1. The molecule has 6 nitrogen and oxygen atoms in total. The Kier molecular flexibility index (Phi) is 4.66. The van der Waals surface area contributed by atoms with Gasteiger partial charge in [-0.1, -0.05) is 13.0 Å². The van der Waals surface area contributed by atoms with Crippen molar-refractivity contribution in [3.05, 3.63) is 49.3 Å². The second-order valence-electron chi connectivity index (χ2n) is 3.75. The smallest absolute Gasteiger partial charge is 0.287 e. The van der Waals surface area contributed by atoms with Gasteiger partial charge in [-0.05, 0) is 37.9 Å². The van der Waals surface area contributed by atoms with Crippen LogP contribution in [-0.4, -0.2) is 14.9 Å². The van der Waals surface area contributed by atoms with Crippen LogP contribution in [0.15, 0.2) is 33.3 Å². The molecule has 8 heteroatoms. The molecular formula is C12H9Br2N3O3. The van der Waals surface area contributed by atoms with Crippen molar-refractivity contribution in [2.24, 2.45) is 0 Å². The van der Waals surface area contributed by atoms with Crippen LogP contribution < -0.4 is 4.74 Å². The summed E-state index contributed by atoms with van der Waals surface area (Å²) in [5, 5.41) is 10.9. The highest BCUT2D eigenvalue weighted by Crippen LogP contribution is 2.36. The van der Waals surface area contributed by atoms with Crippen molar-refractivity contribution in [3.8, 4) is 11.6 Å². The molecule has 0 atom stereocenters. The third kappa shape index (κ3) is 3.31. The topological polar surface area (TPSA) is 78.2 Å². The van der Waals surface area contributed by atoms with Crippen LogP contribution >= 0.6 is 31.9 Å². The van der Waals surface area contributed by atoms with Crippen LogP contribution in [0.3, 0.4) is 0 Å². The maximum atomic E-state index is 10.9. The summed E-state index contributed by atoms with van der Waals surface area (Å²) in [6, 6.07) is 6.17. The summed E-state index contributed by atoms with van der Waals surface area (Å²) in [4.78, 5) is 18.8. The number of nitrogens with zero attached hydrogens (tertiary/aromatic N) is 3. The fourth-order valence-electron chi connectivity index (χ4n) is 1.48. The van der Waals surface area contributed by atoms with E-state index in [9.17, 15) is 10.1 Å². The van der Waals surface area contributed by atoms with E-state index in [1.165, 1.54) is 6.07 Å². The third-order valence-corrected chi connectivity index (χ3v) is 3.59. The molecule has 1 aromatic carbocycles. The van der Waals surface area contributed by atoms with Gasteiger partial charge in [0.25, 0.3) is 5.69 Å². The SMILES string of the molecule is CCc1nc(Br)cc(Oc2cccc([N+](=O)[O-])c2Br)n1. The minimum absolute atomic E-state index is 0.0636. The second kappa shape index (κ2) is 6.27. The zero-order valence-corrected chi connectivity index (χ0v) is 13.5. The molecular weight excluding hydrogens is 394 g/mol. The largest absolute Gasteiger partial charge is 0.437 e. The number of nitro groups is 1. The Morgan fingerprint density at radius 1 is 1.35 bits per heavy atom. The standard InChI is InChI=1S/C12H9Br2N3O3/c1-2-10-15-9(13)6-11(16-10)20-8-5-3-4-7(12(8)14)17(18)19/h3-6H,2H2,1H3. The number of hydrogen-bond donors (Lipinski definition) is 0. The molecule has 0 aliphatic rings. The molecule has 1 aromatic heterocycles. The van der Waals surface area contributed by atoms with Crippen LogP contribution in [0.1, 0.15) is 12.7 Å². The fourth-order valence-corrected chi connectivity index (χ4v) is 2.37. The highest BCUT2D eigenvalue weighted by molar-refractivity contribution is 9.10. The highest BCUT2D eigenvalue weighted by atomic mass is 79.9. The first-order chi connectivity index (χ1) is 9.51. The van der Waals surface area contributed by atoms with Gasteiger partial charge >= 0.3 is 0 Å². The van der Waals surface area contributed by atoms with Gasteiger partial charge in [0, 0.05) is 18.6 Å².